The first-order valence-corrected chi connectivity index (χ1v) is 10.7. The molecule has 5 heteroatoms. The van der Waals surface area contributed by atoms with Crippen molar-refractivity contribution in [2.24, 2.45) is 23.0 Å². The van der Waals surface area contributed by atoms with Crippen LogP contribution in [-0.4, -0.2) is 34.8 Å². The Labute approximate surface area is 172 Å². The molecule has 0 spiro atoms. The predicted molar refractivity (Wildman–Crippen MR) is 115 cm³/mol. The van der Waals surface area contributed by atoms with E-state index >= 15 is 0 Å². The smallest absolute Gasteiger partial charge is 0.254 e. The minimum Gasteiger partial charge on any atom is -0.369 e. The quantitative estimate of drug-likeness (QED) is 0.845. The summed E-state index contributed by atoms with van der Waals surface area (Å²) in [6.45, 7) is 7.93. The van der Waals surface area contributed by atoms with Crippen molar-refractivity contribution in [2.75, 3.05) is 13.1 Å². The minimum atomic E-state index is -0.308. The number of aryl methyl sites for hydroxylation is 1. The topological polar surface area (TPSA) is 76.3 Å². The van der Waals surface area contributed by atoms with Crippen molar-refractivity contribution in [3.05, 3.63) is 41.1 Å². The molecule has 0 saturated carbocycles. The van der Waals surface area contributed by atoms with Crippen molar-refractivity contribution < 1.29 is 9.59 Å². The maximum atomic E-state index is 13.8. The van der Waals surface area contributed by atoms with Gasteiger partial charge in [-0.05, 0) is 55.1 Å². The molecule has 154 valence electrons. The Morgan fingerprint density at radius 1 is 1.17 bits per heavy atom. The molecular formula is C24H31N3O2. The largest absolute Gasteiger partial charge is 0.369 e. The van der Waals surface area contributed by atoms with E-state index in [-0.39, 0.29) is 23.1 Å². The maximum Gasteiger partial charge on any atom is 0.254 e. The number of pyridine rings is 1. The number of nitrogens with zero attached hydrogens (tertiary/aromatic N) is 2. The number of amides is 2. The van der Waals surface area contributed by atoms with E-state index in [9.17, 15) is 9.59 Å². The Morgan fingerprint density at radius 2 is 1.93 bits per heavy atom. The lowest BCUT2D eigenvalue weighted by atomic mass is 9.70. The summed E-state index contributed by atoms with van der Waals surface area (Å²) in [4.78, 5) is 32.2. The first-order chi connectivity index (χ1) is 13.8. The lowest BCUT2D eigenvalue weighted by Crippen LogP contribution is -2.44. The molecule has 0 radical (unpaired) electrons. The molecule has 4 rings (SSSR count). The van der Waals surface area contributed by atoms with Crippen LogP contribution in [0.2, 0.25) is 0 Å². The molecule has 2 atom stereocenters. The zero-order chi connectivity index (χ0) is 20.8. The maximum absolute atomic E-state index is 13.8. The van der Waals surface area contributed by atoms with Crippen LogP contribution in [0.4, 0.5) is 0 Å². The number of primary amides is 1. The number of hydrogen-bond donors (Lipinski definition) is 1. The fourth-order valence-corrected chi connectivity index (χ4v) is 4.92. The summed E-state index contributed by atoms with van der Waals surface area (Å²) in [6.07, 6.45) is 4.47. The van der Waals surface area contributed by atoms with Crippen LogP contribution >= 0.6 is 0 Å². The summed E-state index contributed by atoms with van der Waals surface area (Å²) in [5.41, 5.74) is 9.59. The van der Waals surface area contributed by atoms with Crippen LogP contribution < -0.4 is 5.73 Å². The van der Waals surface area contributed by atoms with Gasteiger partial charge in [0.25, 0.3) is 5.91 Å². The Hall–Kier alpha value is -2.43. The molecule has 2 heterocycles. The number of fused-ring (bicyclic) bond motifs is 2. The number of para-hydroxylation sites is 1. The number of rotatable bonds is 2. The highest BCUT2D eigenvalue weighted by atomic mass is 16.2. The lowest BCUT2D eigenvalue weighted by molar-refractivity contribution is -0.123. The summed E-state index contributed by atoms with van der Waals surface area (Å²) < 4.78 is 0. The highest BCUT2D eigenvalue weighted by Gasteiger charge is 2.35. The average Bonchev–Trinajstić information content (AvgIpc) is 2.70. The van der Waals surface area contributed by atoms with E-state index in [0.717, 1.165) is 59.8 Å². The Bertz CT molecular complexity index is 960. The van der Waals surface area contributed by atoms with Gasteiger partial charge in [0.2, 0.25) is 5.91 Å². The van der Waals surface area contributed by atoms with Gasteiger partial charge in [-0.25, -0.2) is 0 Å². The van der Waals surface area contributed by atoms with E-state index in [1.807, 2.05) is 29.2 Å². The number of carbonyl (C=O) groups excluding carboxylic acids is 2. The first kappa shape index (κ1) is 19.9. The molecule has 2 N–H and O–H groups in total. The van der Waals surface area contributed by atoms with Crippen LogP contribution in [0.25, 0.3) is 10.9 Å². The molecule has 0 bridgehead atoms. The van der Waals surface area contributed by atoms with Crippen molar-refractivity contribution in [3.63, 3.8) is 0 Å². The number of hydrogen-bond acceptors (Lipinski definition) is 3. The second-order valence-electron chi connectivity index (χ2n) is 9.73. The van der Waals surface area contributed by atoms with Crippen LogP contribution in [0.1, 0.15) is 61.6 Å². The molecule has 5 nitrogen and oxygen atoms in total. The summed E-state index contributed by atoms with van der Waals surface area (Å²) >= 11 is 0. The van der Waals surface area contributed by atoms with Crippen molar-refractivity contribution in [2.45, 2.75) is 52.9 Å². The van der Waals surface area contributed by atoms with Crippen molar-refractivity contribution in [1.29, 1.82) is 0 Å². The van der Waals surface area contributed by atoms with Gasteiger partial charge < -0.3 is 10.6 Å². The van der Waals surface area contributed by atoms with Gasteiger partial charge in [-0.2, -0.15) is 0 Å². The number of aromatic nitrogens is 1. The number of carbonyl (C=O) groups is 2. The van der Waals surface area contributed by atoms with E-state index < -0.39 is 0 Å². The van der Waals surface area contributed by atoms with Crippen LogP contribution in [0, 0.1) is 17.3 Å². The molecule has 2 aliphatic rings. The minimum absolute atomic E-state index is 0.0281. The van der Waals surface area contributed by atoms with E-state index in [1.165, 1.54) is 0 Å². The number of nitrogens with two attached hydrogens (primary N) is 1. The predicted octanol–water partition coefficient (Wildman–Crippen LogP) is 3.72. The monoisotopic (exact) mass is 393 g/mol. The normalized spacial score (nSPS) is 22.4. The fourth-order valence-electron chi connectivity index (χ4n) is 4.92. The molecule has 2 amide bonds. The lowest BCUT2D eigenvalue weighted by Gasteiger charge is -2.37. The molecule has 1 fully saturated rings. The van der Waals surface area contributed by atoms with Crippen molar-refractivity contribution in [3.8, 4) is 0 Å². The molecule has 29 heavy (non-hydrogen) atoms. The van der Waals surface area contributed by atoms with E-state index in [1.54, 1.807) is 0 Å². The number of piperidine rings is 1. The standard InChI is InChI=1S/C24H31N3O2/c1-24(2,3)16-10-11-20-18(13-16)21(17-8-4-5-9-19(17)26-20)23(29)27-12-6-7-15(14-27)22(25)28/h4-5,8-9,15-16H,6-7,10-14H2,1-3H3,(H2,25,28). The van der Waals surface area contributed by atoms with E-state index in [0.29, 0.717) is 19.0 Å². The molecule has 1 aliphatic heterocycles. The summed E-state index contributed by atoms with van der Waals surface area (Å²) in [5.74, 6) is -0.0135. The van der Waals surface area contributed by atoms with Gasteiger partial charge in [0.1, 0.15) is 0 Å². The van der Waals surface area contributed by atoms with Crippen LogP contribution in [0.3, 0.4) is 0 Å². The van der Waals surface area contributed by atoms with Gasteiger partial charge in [0, 0.05) is 24.2 Å². The average molecular weight is 394 g/mol. The third-order valence-electron chi connectivity index (χ3n) is 6.81. The number of likely N-dealkylation sites (tertiary alicyclic amines) is 1. The Kier molecular flexibility index (Phi) is 5.09. The molecule has 1 aromatic heterocycles. The Morgan fingerprint density at radius 3 is 2.66 bits per heavy atom. The molecule has 1 aliphatic carbocycles. The van der Waals surface area contributed by atoms with Gasteiger partial charge in [-0.15, -0.1) is 0 Å². The van der Waals surface area contributed by atoms with E-state index in [4.69, 9.17) is 10.7 Å². The molecule has 1 aromatic carbocycles. The van der Waals surface area contributed by atoms with Crippen molar-refractivity contribution in [1.82, 2.24) is 9.88 Å². The summed E-state index contributed by atoms with van der Waals surface area (Å²) in [5, 5.41) is 0.923. The second-order valence-corrected chi connectivity index (χ2v) is 9.73. The van der Waals surface area contributed by atoms with Gasteiger partial charge in [0.15, 0.2) is 0 Å². The molecule has 2 aromatic rings. The highest BCUT2D eigenvalue weighted by molar-refractivity contribution is 6.08. The fraction of sp³-hybridized carbons (Fsp3) is 0.542. The summed E-state index contributed by atoms with van der Waals surface area (Å²) in [6, 6.07) is 7.94. The zero-order valence-electron chi connectivity index (χ0n) is 17.7. The van der Waals surface area contributed by atoms with Crippen molar-refractivity contribution >= 4 is 22.7 Å². The third-order valence-corrected chi connectivity index (χ3v) is 6.81. The van der Waals surface area contributed by atoms with Gasteiger partial charge in [0.05, 0.1) is 17.0 Å². The SMILES string of the molecule is CC(C)(C)C1CCc2nc3ccccc3c(C(=O)N3CCCC(C(N)=O)C3)c2C1. The van der Waals surface area contributed by atoms with Crippen LogP contribution in [0.15, 0.2) is 24.3 Å². The van der Waals surface area contributed by atoms with Crippen LogP contribution in [-0.2, 0) is 17.6 Å². The first-order valence-electron chi connectivity index (χ1n) is 10.7. The highest BCUT2D eigenvalue weighted by Crippen LogP contribution is 2.40. The van der Waals surface area contributed by atoms with E-state index in [2.05, 4.69) is 20.8 Å². The number of benzene rings is 1. The zero-order valence-corrected chi connectivity index (χ0v) is 17.7. The molecule has 2 unspecified atom stereocenters. The van der Waals surface area contributed by atoms with Gasteiger partial charge >= 0.3 is 0 Å². The summed E-state index contributed by atoms with van der Waals surface area (Å²) in [7, 11) is 0. The molecule has 1 saturated heterocycles. The second kappa shape index (κ2) is 7.43. The van der Waals surface area contributed by atoms with Crippen LogP contribution in [0.5, 0.6) is 0 Å². The third kappa shape index (κ3) is 3.75. The van der Waals surface area contributed by atoms with Gasteiger partial charge in [-0.1, -0.05) is 39.0 Å². The Balaban J connectivity index is 1.80. The molecular weight excluding hydrogens is 362 g/mol. The van der Waals surface area contributed by atoms with Gasteiger partial charge in [-0.3, -0.25) is 14.6 Å².